The molecule has 0 spiro atoms. The van der Waals surface area contributed by atoms with Gasteiger partial charge in [0, 0.05) is 31.7 Å². The Bertz CT molecular complexity index is 491. The lowest BCUT2D eigenvalue weighted by atomic mass is 10.2. The molecule has 0 amide bonds. The van der Waals surface area contributed by atoms with Gasteiger partial charge >= 0.3 is 0 Å². The van der Waals surface area contributed by atoms with E-state index >= 15 is 0 Å². The predicted octanol–water partition coefficient (Wildman–Crippen LogP) is -0.893. The van der Waals surface area contributed by atoms with Crippen LogP contribution in [0.5, 0.6) is 5.88 Å². The lowest BCUT2D eigenvalue weighted by molar-refractivity contribution is 0.0518. The van der Waals surface area contributed by atoms with Gasteiger partial charge in [-0.2, -0.15) is 4.98 Å². The highest BCUT2D eigenvalue weighted by Gasteiger charge is 2.23. The van der Waals surface area contributed by atoms with Gasteiger partial charge in [-0.05, 0) is 19.3 Å². The molecule has 1 atom stereocenters. The van der Waals surface area contributed by atoms with E-state index in [1.165, 1.54) is 0 Å². The van der Waals surface area contributed by atoms with Gasteiger partial charge in [0.2, 0.25) is 11.8 Å². The van der Waals surface area contributed by atoms with Crippen molar-refractivity contribution in [3.05, 3.63) is 11.3 Å². The Morgan fingerprint density at radius 3 is 2.81 bits per heavy atom. The van der Waals surface area contributed by atoms with Crippen molar-refractivity contribution in [3.63, 3.8) is 0 Å². The fourth-order valence-electron chi connectivity index (χ4n) is 2.74. The molecule has 116 valence electrons. The maximum atomic E-state index is 9.45. The Hall–Kier alpha value is -1.44. The maximum absolute atomic E-state index is 9.45. The number of hydrogen-bond donors (Lipinski definition) is 3. The number of nitrogens with one attached hydrogen (secondary N) is 1. The van der Waals surface area contributed by atoms with Crippen molar-refractivity contribution < 1.29 is 14.9 Å². The first kappa shape index (κ1) is 14.5. The van der Waals surface area contributed by atoms with E-state index in [4.69, 9.17) is 9.84 Å². The van der Waals surface area contributed by atoms with Gasteiger partial charge in [-0.25, -0.2) is 4.98 Å². The smallest absolute Gasteiger partial charge is 0.228 e. The number of nitrogens with zero attached hydrogens (tertiary/aromatic N) is 3. The molecule has 0 aromatic carbocycles. The molecule has 1 aliphatic carbocycles. The molecule has 1 saturated heterocycles. The normalized spacial score (nSPS) is 19.4. The quantitative estimate of drug-likeness (QED) is 0.649. The van der Waals surface area contributed by atoms with Gasteiger partial charge in [-0.3, -0.25) is 0 Å². The third kappa shape index (κ3) is 3.25. The number of aliphatic hydroxyl groups excluding tert-OH is 2. The molecule has 1 aromatic heterocycles. The molecule has 7 heteroatoms. The highest BCUT2D eigenvalue weighted by Crippen LogP contribution is 2.30. The third-order valence-electron chi connectivity index (χ3n) is 3.91. The molecule has 1 aliphatic heterocycles. The summed E-state index contributed by atoms with van der Waals surface area (Å²) in [7, 11) is 0. The second-order valence-corrected chi connectivity index (χ2v) is 5.49. The van der Waals surface area contributed by atoms with Crippen LogP contribution in [0.4, 0.5) is 5.95 Å². The topological polar surface area (TPSA) is 90.7 Å². The van der Waals surface area contributed by atoms with E-state index in [0.717, 1.165) is 56.7 Å². The molecule has 0 radical (unpaired) electrons. The number of rotatable bonds is 5. The van der Waals surface area contributed by atoms with Crippen LogP contribution in [0.25, 0.3) is 0 Å². The van der Waals surface area contributed by atoms with Crippen LogP contribution in [0.1, 0.15) is 17.7 Å². The molecule has 1 fully saturated rings. The Labute approximate surface area is 124 Å². The zero-order valence-electron chi connectivity index (χ0n) is 12.1. The van der Waals surface area contributed by atoms with E-state index in [0.29, 0.717) is 11.8 Å². The van der Waals surface area contributed by atoms with Crippen LogP contribution in [-0.4, -0.2) is 65.7 Å². The van der Waals surface area contributed by atoms with Gasteiger partial charge in [0.15, 0.2) is 0 Å². The van der Waals surface area contributed by atoms with Crippen molar-refractivity contribution in [3.8, 4) is 5.88 Å². The number of hydrogen-bond acceptors (Lipinski definition) is 7. The summed E-state index contributed by atoms with van der Waals surface area (Å²) in [6.45, 7) is 3.38. The first-order chi connectivity index (χ1) is 10.3. The number of aromatic nitrogens is 2. The summed E-state index contributed by atoms with van der Waals surface area (Å²) in [5, 5.41) is 21.6. The van der Waals surface area contributed by atoms with E-state index in [9.17, 15) is 5.11 Å². The van der Waals surface area contributed by atoms with Crippen LogP contribution in [0.3, 0.4) is 0 Å². The Morgan fingerprint density at radius 1 is 1.24 bits per heavy atom. The zero-order chi connectivity index (χ0) is 14.7. The fraction of sp³-hybridized carbons (Fsp3) is 0.714. The van der Waals surface area contributed by atoms with Gasteiger partial charge in [-0.15, -0.1) is 0 Å². The summed E-state index contributed by atoms with van der Waals surface area (Å²) in [4.78, 5) is 11.4. The summed E-state index contributed by atoms with van der Waals surface area (Å²) in [6.07, 6.45) is 2.06. The van der Waals surface area contributed by atoms with Crippen LogP contribution in [0, 0.1) is 0 Å². The lowest BCUT2D eigenvalue weighted by Gasteiger charge is -2.28. The first-order valence-corrected chi connectivity index (χ1v) is 7.55. The molecule has 21 heavy (non-hydrogen) atoms. The van der Waals surface area contributed by atoms with E-state index in [-0.39, 0.29) is 13.2 Å². The van der Waals surface area contributed by atoms with Crippen LogP contribution in [0.2, 0.25) is 0 Å². The molecular formula is C14H22N4O3. The van der Waals surface area contributed by atoms with E-state index in [1.54, 1.807) is 0 Å². The van der Waals surface area contributed by atoms with Crippen molar-refractivity contribution in [1.82, 2.24) is 15.3 Å². The Kier molecular flexibility index (Phi) is 4.52. The molecule has 0 bridgehead atoms. The number of aryl methyl sites for hydroxylation is 1. The number of anilines is 1. The van der Waals surface area contributed by atoms with Crippen molar-refractivity contribution in [2.75, 3.05) is 44.3 Å². The standard InChI is InChI=1S/C14H22N4O3/c19-8-10(20)9-21-13-11-2-1-3-12(11)16-14(17-13)18-6-4-15-5-7-18/h10,15,19-20H,1-9H2. The number of piperazine rings is 1. The minimum absolute atomic E-state index is 0.0565. The van der Waals surface area contributed by atoms with Gasteiger partial charge in [0.05, 0.1) is 12.3 Å². The van der Waals surface area contributed by atoms with Gasteiger partial charge in [0.25, 0.3) is 0 Å². The molecule has 1 unspecified atom stereocenters. The minimum Gasteiger partial charge on any atom is -0.474 e. The van der Waals surface area contributed by atoms with E-state index < -0.39 is 6.10 Å². The summed E-state index contributed by atoms with van der Waals surface area (Å²) in [5.41, 5.74) is 2.12. The van der Waals surface area contributed by atoms with E-state index in [2.05, 4.69) is 20.2 Å². The largest absolute Gasteiger partial charge is 0.474 e. The first-order valence-electron chi connectivity index (χ1n) is 7.55. The predicted molar refractivity (Wildman–Crippen MR) is 77.7 cm³/mol. The van der Waals surface area contributed by atoms with Crippen molar-refractivity contribution in [2.24, 2.45) is 0 Å². The number of ether oxygens (including phenoxy) is 1. The van der Waals surface area contributed by atoms with Crippen LogP contribution < -0.4 is 15.0 Å². The number of fused-ring (bicyclic) bond motifs is 1. The van der Waals surface area contributed by atoms with E-state index in [1.807, 2.05) is 0 Å². The van der Waals surface area contributed by atoms with Crippen molar-refractivity contribution in [2.45, 2.75) is 25.4 Å². The minimum atomic E-state index is -0.875. The van der Waals surface area contributed by atoms with Gasteiger partial charge in [0.1, 0.15) is 12.7 Å². The maximum Gasteiger partial charge on any atom is 0.228 e. The van der Waals surface area contributed by atoms with Crippen molar-refractivity contribution >= 4 is 5.95 Å². The summed E-state index contributed by atoms with van der Waals surface area (Å²) in [5.74, 6) is 1.28. The second kappa shape index (κ2) is 6.55. The lowest BCUT2D eigenvalue weighted by Crippen LogP contribution is -2.44. The van der Waals surface area contributed by atoms with Crippen LogP contribution in [0.15, 0.2) is 0 Å². The van der Waals surface area contributed by atoms with Crippen LogP contribution >= 0.6 is 0 Å². The third-order valence-corrected chi connectivity index (χ3v) is 3.91. The molecular weight excluding hydrogens is 272 g/mol. The Balaban J connectivity index is 1.81. The SMILES string of the molecule is OCC(O)COc1nc(N2CCNCC2)nc2c1CCC2. The highest BCUT2D eigenvalue weighted by atomic mass is 16.5. The molecule has 0 saturated carbocycles. The second-order valence-electron chi connectivity index (χ2n) is 5.49. The summed E-state index contributed by atoms with van der Waals surface area (Å²) < 4.78 is 5.63. The monoisotopic (exact) mass is 294 g/mol. The Morgan fingerprint density at radius 2 is 2.05 bits per heavy atom. The number of aliphatic hydroxyl groups is 2. The summed E-state index contributed by atoms with van der Waals surface area (Å²) >= 11 is 0. The van der Waals surface area contributed by atoms with Crippen LogP contribution in [-0.2, 0) is 12.8 Å². The molecule has 2 aliphatic rings. The van der Waals surface area contributed by atoms with Gasteiger partial charge < -0.3 is 25.2 Å². The molecule has 3 N–H and O–H groups in total. The molecule has 7 nitrogen and oxygen atoms in total. The molecule has 1 aromatic rings. The highest BCUT2D eigenvalue weighted by molar-refractivity contribution is 5.42. The zero-order valence-corrected chi connectivity index (χ0v) is 12.1. The average Bonchev–Trinajstić information content (AvgIpc) is 3.01. The van der Waals surface area contributed by atoms with Gasteiger partial charge in [-0.1, -0.05) is 0 Å². The van der Waals surface area contributed by atoms with Crippen molar-refractivity contribution in [1.29, 1.82) is 0 Å². The molecule has 2 heterocycles. The summed E-state index contributed by atoms with van der Waals surface area (Å²) in [6, 6.07) is 0. The fourth-order valence-corrected chi connectivity index (χ4v) is 2.74. The molecule has 3 rings (SSSR count). The average molecular weight is 294 g/mol.